The molecule has 1 heterocycles. The second-order valence-electron chi connectivity index (χ2n) is 7.33. The zero-order chi connectivity index (χ0) is 22.1. The highest BCUT2D eigenvalue weighted by molar-refractivity contribution is 5.97. The zero-order valence-corrected chi connectivity index (χ0v) is 18.6. The molecule has 0 aliphatic rings. The van der Waals surface area contributed by atoms with E-state index in [4.69, 9.17) is 9.47 Å². The predicted octanol–water partition coefficient (Wildman–Crippen LogP) is 4.95. The minimum atomic E-state index is -0.233. The van der Waals surface area contributed by atoms with E-state index in [1.807, 2.05) is 55.5 Å². The molecule has 0 aliphatic heterocycles. The molecule has 0 radical (unpaired) electrons. The van der Waals surface area contributed by atoms with Crippen LogP contribution in [0.2, 0.25) is 0 Å². The van der Waals surface area contributed by atoms with E-state index in [1.165, 1.54) is 15.8 Å². The van der Waals surface area contributed by atoms with Gasteiger partial charge in [-0.25, -0.2) is 0 Å². The number of unbranched alkanes of at least 4 members (excludes halogenated alkanes) is 1. The number of nitrogens with zero attached hydrogens (tertiary/aromatic N) is 3. The van der Waals surface area contributed by atoms with Crippen LogP contribution in [-0.4, -0.2) is 40.5 Å². The Labute approximate surface area is 184 Å². The van der Waals surface area contributed by atoms with Crippen molar-refractivity contribution in [2.24, 2.45) is 0 Å². The Hall–Kier alpha value is -2.99. The van der Waals surface area contributed by atoms with Crippen molar-refractivity contribution in [3.63, 3.8) is 0 Å². The highest BCUT2D eigenvalue weighted by Gasteiger charge is 2.20. The molecule has 0 bridgehead atoms. The molecule has 0 N–H and O–H groups in total. The van der Waals surface area contributed by atoms with Gasteiger partial charge in [0.15, 0.2) is 5.82 Å². The van der Waals surface area contributed by atoms with Crippen LogP contribution in [0.25, 0.3) is 11.4 Å². The molecule has 0 aliphatic carbocycles. The summed E-state index contributed by atoms with van der Waals surface area (Å²) in [5.41, 5.74) is 3.83. The normalized spacial score (nSPS) is 10.9. The van der Waals surface area contributed by atoms with Crippen LogP contribution in [0.5, 0.6) is 6.01 Å². The molecule has 0 amide bonds. The molecule has 2 aromatic carbocycles. The minimum Gasteiger partial charge on any atom is -0.460 e. The Kier molecular flexibility index (Phi) is 8.35. The molecule has 164 valence electrons. The van der Waals surface area contributed by atoms with Crippen molar-refractivity contribution in [3.05, 3.63) is 65.2 Å². The average Bonchev–Trinajstić information content (AvgIpc) is 3.24. The Morgan fingerprint density at radius 3 is 2.29 bits per heavy atom. The van der Waals surface area contributed by atoms with Gasteiger partial charge in [0.05, 0.1) is 6.61 Å². The van der Waals surface area contributed by atoms with Crippen LogP contribution in [0, 0.1) is 0 Å². The fraction of sp³-hybridized carbons (Fsp3) is 0.400. The van der Waals surface area contributed by atoms with E-state index < -0.39 is 0 Å². The SMILES string of the molecule is CCCCc1ccc(C(=O)n2nc(OCCOCC)nc2-c2ccc(CC)cc2)cc1. The fourth-order valence-corrected chi connectivity index (χ4v) is 3.23. The molecule has 3 rings (SSSR count). The number of ether oxygens (including phenoxy) is 2. The summed E-state index contributed by atoms with van der Waals surface area (Å²) in [7, 11) is 0. The smallest absolute Gasteiger partial charge is 0.336 e. The first kappa shape index (κ1) is 22.7. The van der Waals surface area contributed by atoms with Crippen molar-refractivity contribution in [2.45, 2.75) is 46.5 Å². The lowest BCUT2D eigenvalue weighted by atomic mass is 10.1. The third-order valence-electron chi connectivity index (χ3n) is 5.08. The van der Waals surface area contributed by atoms with Crippen molar-refractivity contribution in [1.82, 2.24) is 14.8 Å². The van der Waals surface area contributed by atoms with Gasteiger partial charge in [-0.2, -0.15) is 9.67 Å². The van der Waals surface area contributed by atoms with Crippen molar-refractivity contribution >= 4 is 5.91 Å². The van der Waals surface area contributed by atoms with Gasteiger partial charge in [0.1, 0.15) is 6.61 Å². The summed E-state index contributed by atoms with van der Waals surface area (Å²) < 4.78 is 12.3. The van der Waals surface area contributed by atoms with E-state index in [2.05, 4.69) is 23.9 Å². The first-order valence-corrected chi connectivity index (χ1v) is 11.1. The lowest BCUT2D eigenvalue weighted by Gasteiger charge is -2.06. The molecule has 0 atom stereocenters. The molecule has 0 fully saturated rings. The highest BCUT2D eigenvalue weighted by atomic mass is 16.5. The number of aromatic nitrogens is 3. The summed E-state index contributed by atoms with van der Waals surface area (Å²) in [4.78, 5) is 17.8. The molecule has 0 unspecified atom stereocenters. The number of carbonyl (C=O) groups excluding carboxylic acids is 1. The quantitative estimate of drug-likeness (QED) is 0.410. The minimum absolute atomic E-state index is 0.169. The maximum atomic E-state index is 13.3. The third kappa shape index (κ3) is 6.01. The fourth-order valence-electron chi connectivity index (χ4n) is 3.23. The van der Waals surface area contributed by atoms with E-state index in [0.717, 1.165) is 31.2 Å². The van der Waals surface area contributed by atoms with Crippen molar-refractivity contribution in [1.29, 1.82) is 0 Å². The summed E-state index contributed by atoms with van der Waals surface area (Å²) in [5.74, 6) is 0.234. The van der Waals surface area contributed by atoms with Crippen LogP contribution in [0.3, 0.4) is 0 Å². The first-order valence-electron chi connectivity index (χ1n) is 11.1. The van der Waals surface area contributed by atoms with Gasteiger partial charge in [0.2, 0.25) is 0 Å². The topological polar surface area (TPSA) is 66.2 Å². The van der Waals surface area contributed by atoms with Crippen molar-refractivity contribution in [3.8, 4) is 17.4 Å². The lowest BCUT2D eigenvalue weighted by Crippen LogP contribution is -2.15. The standard InChI is InChI=1S/C25H31N3O3/c1-4-7-8-20-11-15-22(16-12-20)24(29)28-23(21-13-9-19(5-2)10-14-21)26-25(27-28)31-18-17-30-6-3/h9-16H,4-8,17-18H2,1-3H3. The summed E-state index contributed by atoms with van der Waals surface area (Å²) in [6, 6.07) is 15.9. The van der Waals surface area contributed by atoms with E-state index in [0.29, 0.717) is 31.2 Å². The van der Waals surface area contributed by atoms with Crippen LogP contribution in [0.1, 0.15) is 55.1 Å². The van der Waals surface area contributed by atoms with Crippen LogP contribution in [0.4, 0.5) is 0 Å². The first-order chi connectivity index (χ1) is 15.2. The van der Waals surface area contributed by atoms with Crippen molar-refractivity contribution < 1.29 is 14.3 Å². The maximum absolute atomic E-state index is 13.3. The number of hydrogen-bond donors (Lipinski definition) is 0. The number of benzene rings is 2. The monoisotopic (exact) mass is 421 g/mol. The predicted molar refractivity (Wildman–Crippen MR) is 122 cm³/mol. The van der Waals surface area contributed by atoms with E-state index in [-0.39, 0.29) is 11.9 Å². The van der Waals surface area contributed by atoms with E-state index >= 15 is 0 Å². The molecular weight excluding hydrogens is 390 g/mol. The largest absolute Gasteiger partial charge is 0.460 e. The Bertz CT molecular complexity index is 963. The van der Waals surface area contributed by atoms with Crippen molar-refractivity contribution in [2.75, 3.05) is 19.8 Å². The van der Waals surface area contributed by atoms with Crippen LogP contribution in [0.15, 0.2) is 48.5 Å². The Morgan fingerprint density at radius 2 is 1.65 bits per heavy atom. The van der Waals surface area contributed by atoms with Gasteiger partial charge in [-0.15, -0.1) is 5.10 Å². The lowest BCUT2D eigenvalue weighted by molar-refractivity contribution is 0.0938. The maximum Gasteiger partial charge on any atom is 0.336 e. The van der Waals surface area contributed by atoms with Gasteiger partial charge in [0.25, 0.3) is 5.91 Å². The van der Waals surface area contributed by atoms with Crippen LogP contribution in [-0.2, 0) is 17.6 Å². The number of aryl methyl sites for hydroxylation is 2. The molecular formula is C25H31N3O3. The Morgan fingerprint density at radius 1 is 0.935 bits per heavy atom. The number of carbonyl (C=O) groups is 1. The average molecular weight is 422 g/mol. The molecule has 0 saturated heterocycles. The van der Waals surface area contributed by atoms with Crippen LogP contribution < -0.4 is 4.74 Å². The summed E-state index contributed by atoms with van der Waals surface area (Å²) in [6.45, 7) is 7.59. The number of hydrogen-bond acceptors (Lipinski definition) is 5. The van der Waals surface area contributed by atoms with Gasteiger partial charge in [-0.05, 0) is 49.4 Å². The van der Waals surface area contributed by atoms with Gasteiger partial charge >= 0.3 is 6.01 Å². The highest BCUT2D eigenvalue weighted by Crippen LogP contribution is 2.22. The summed E-state index contributed by atoms with van der Waals surface area (Å²) in [6.07, 6.45) is 4.24. The van der Waals surface area contributed by atoms with Crippen LogP contribution >= 0.6 is 0 Å². The molecule has 0 saturated carbocycles. The molecule has 31 heavy (non-hydrogen) atoms. The zero-order valence-electron chi connectivity index (χ0n) is 18.6. The van der Waals surface area contributed by atoms with E-state index in [9.17, 15) is 4.79 Å². The second kappa shape index (κ2) is 11.4. The Balaban J connectivity index is 1.88. The third-order valence-corrected chi connectivity index (χ3v) is 5.08. The van der Waals surface area contributed by atoms with E-state index in [1.54, 1.807) is 0 Å². The summed E-state index contributed by atoms with van der Waals surface area (Å²) in [5, 5.41) is 4.35. The number of rotatable bonds is 11. The molecule has 6 heteroatoms. The van der Waals surface area contributed by atoms with Gasteiger partial charge in [0, 0.05) is 17.7 Å². The van der Waals surface area contributed by atoms with Gasteiger partial charge in [-0.3, -0.25) is 4.79 Å². The second-order valence-corrected chi connectivity index (χ2v) is 7.33. The molecule has 6 nitrogen and oxygen atoms in total. The van der Waals surface area contributed by atoms with Gasteiger partial charge < -0.3 is 9.47 Å². The summed E-state index contributed by atoms with van der Waals surface area (Å²) >= 11 is 0. The molecule has 3 aromatic rings. The van der Waals surface area contributed by atoms with Gasteiger partial charge in [-0.1, -0.05) is 56.7 Å². The molecule has 1 aromatic heterocycles. The molecule has 0 spiro atoms.